The normalized spacial score (nSPS) is 10.8. The summed E-state index contributed by atoms with van der Waals surface area (Å²) in [5.41, 5.74) is 3.77. The van der Waals surface area contributed by atoms with Crippen molar-refractivity contribution < 1.29 is 0 Å². The van der Waals surface area contributed by atoms with Crippen molar-refractivity contribution in [2.24, 2.45) is 0 Å². The maximum atomic E-state index is 4.70. The predicted octanol–water partition coefficient (Wildman–Crippen LogP) is 3.84. The molecular formula is C17H25N3S. The van der Waals surface area contributed by atoms with E-state index in [2.05, 4.69) is 60.8 Å². The van der Waals surface area contributed by atoms with Crippen molar-refractivity contribution >= 4 is 17.0 Å². The van der Waals surface area contributed by atoms with Crippen LogP contribution in [0, 0.1) is 0 Å². The van der Waals surface area contributed by atoms with Crippen LogP contribution < -0.4 is 10.2 Å². The van der Waals surface area contributed by atoms with E-state index in [1.165, 1.54) is 16.3 Å². The van der Waals surface area contributed by atoms with Crippen LogP contribution in [0.25, 0.3) is 0 Å². The van der Waals surface area contributed by atoms with E-state index in [9.17, 15) is 0 Å². The second-order valence-electron chi connectivity index (χ2n) is 5.29. The summed E-state index contributed by atoms with van der Waals surface area (Å²) in [5.74, 6) is 0. The minimum atomic E-state index is 0.857. The van der Waals surface area contributed by atoms with Crippen molar-refractivity contribution in [3.63, 3.8) is 0 Å². The molecule has 0 bridgehead atoms. The Kier molecular flexibility index (Phi) is 6.21. The van der Waals surface area contributed by atoms with Gasteiger partial charge in [-0.2, -0.15) is 0 Å². The molecule has 1 aromatic carbocycles. The Bertz CT molecular complexity index is 533. The lowest BCUT2D eigenvalue weighted by Gasteiger charge is -2.18. The van der Waals surface area contributed by atoms with E-state index in [0.29, 0.717) is 0 Å². The van der Waals surface area contributed by atoms with E-state index in [0.717, 1.165) is 38.2 Å². The molecule has 0 saturated heterocycles. The minimum absolute atomic E-state index is 0.857. The first-order chi connectivity index (χ1) is 10.2. The lowest BCUT2D eigenvalue weighted by atomic mass is 10.1. The molecule has 114 valence electrons. The van der Waals surface area contributed by atoms with Crippen LogP contribution in [0.2, 0.25) is 0 Å². The first-order valence-electron chi connectivity index (χ1n) is 7.67. The molecule has 0 saturated carbocycles. The topological polar surface area (TPSA) is 28.2 Å². The van der Waals surface area contributed by atoms with Crippen LogP contribution in [-0.2, 0) is 19.5 Å². The highest BCUT2D eigenvalue weighted by atomic mass is 32.1. The highest BCUT2D eigenvalue weighted by Gasteiger charge is 2.06. The molecule has 1 aromatic heterocycles. The quantitative estimate of drug-likeness (QED) is 0.751. The number of nitrogens with zero attached hydrogens (tertiary/aromatic N) is 2. The molecular weight excluding hydrogens is 278 g/mol. The fourth-order valence-corrected chi connectivity index (χ4v) is 2.95. The number of anilines is 1. The van der Waals surface area contributed by atoms with Gasteiger partial charge in [-0.25, -0.2) is 4.98 Å². The Labute approximate surface area is 132 Å². The van der Waals surface area contributed by atoms with Crippen molar-refractivity contribution in [2.75, 3.05) is 18.5 Å². The first-order valence-corrected chi connectivity index (χ1v) is 8.55. The number of hydrogen-bond acceptors (Lipinski definition) is 4. The molecule has 0 unspecified atom stereocenters. The highest BCUT2D eigenvalue weighted by molar-refractivity contribution is 7.09. The number of rotatable bonds is 8. The fraction of sp³-hybridized carbons (Fsp3) is 0.471. The van der Waals surface area contributed by atoms with E-state index in [1.54, 1.807) is 11.3 Å². The van der Waals surface area contributed by atoms with Gasteiger partial charge in [0.25, 0.3) is 0 Å². The molecule has 1 heterocycles. The molecule has 2 aromatic rings. The summed E-state index contributed by atoms with van der Waals surface area (Å²) in [6, 6.07) is 8.78. The van der Waals surface area contributed by atoms with Gasteiger partial charge < -0.3 is 10.2 Å². The van der Waals surface area contributed by atoms with Crippen LogP contribution in [-0.4, -0.2) is 18.6 Å². The first kappa shape index (κ1) is 16.0. The number of nitrogens with one attached hydrogen (secondary N) is 1. The number of thiazole rings is 1. The summed E-state index contributed by atoms with van der Waals surface area (Å²) in [7, 11) is 2.12. The molecule has 0 aliphatic carbocycles. The smallest absolute Gasteiger partial charge is 0.107 e. The molecule has 2 rings (SSSR count). The van der Waals surface area contributed by atoms with Crippen LogP contribution in [0.4, 0.5) is 5.69 Å². The van der Waals surface area contributed by atoms with Crippen molar-refractivity contribution in [1.29, 1.82) is 0 Å². The van der Waals surface area contributed by atoms with E-state index in [4.69, 9.17) is 4.98 Å². The Balaban J connectivity index is 1.90. The standard InChI is InChI=1S/C17H25N3S/c1-4-10-18-11-17-19-15(13-21-17)12-20(3)16-8-6-14(5-2)7-9-16/h6-9,13,18H,4-5,10-12H2,1-3H3. The average molecular weight is 303 g/mol. The van der Waals surface area contributed by atoms with E-state index >= 15 is 0 Å². The summed E-state index contributed by atoms with van der Waals surface area (Å²) in [6.45, 7) is 7.16. The maximum Gasteiger partial charge on any atom is 0.107 e. The molecule has 1 N–H and O–H groups in total. The van der Waals surface area contributed by atoms with Gasteiger partial charge >= 0.3 is 0 Å². The Hall–Kier alpha value is -1.39. The summed E-state index contributed by atoms with van der Waals surface area (Å²) in [4.78, 5) is 6.94. The SMILES string of the molecule is CCCNCc1nc(CN(C)c2ccc(CC)cc2)cs1. The summed E-state index contributed by atoms with van der Waals surface area (Å²) in [6.07, 6.45) is 2.25. The monoisotopic (exact) mass is 303 g/mol. The molecule has 0 spiro atoms. The van der Waals surface area contributed by atoms with Gasteiger partial charge in [-0.3, -0.25) is 0 Å². The van der Waals surface area contributed by atoms with Crippen molar-refractivity contribution in [3.8, 4) is 0 Å². The van der Waals surface area contributed by atoms with Crippen molar-refractivity contribution in [3.05, 3.63) is 45.9 Å². The van der Waals surface area contributed by atoms with Gasteiger partial charge in [0.2, 0.25) is 0 Å². The van der Waals surface area contributed by atoms with Crippen molar-refractivity contribution in [2.45, 2.75) is 39.8 Å². The number of aryl methyl sites for hydroxylation is 1. The van der Waals surface area contributed by atoms with Gasteiger partial charge in [-0.15, -0.1) is 11.3 Å². The van der Waals surface area contributed by atoms with Crippen LogP contribution >= 0.6 is 11.3 Å². The summed E-state index contributed by atoms with van der Waals surface area (Å²) >= 11 is 1.74. The fourth-order valence-electron chi connectivity index (χ4n) is 2.20. The third kappa shape index (κ3) is 4.83. The molecule has 0 radical (unpaired) electrons. The maximum absolute atomic E-state index is 4.70. The van der Waals surface area contributed by atoms with E-state index in [-0.39, 0.29) is 0 Å². The number of benzene rings is 1. The van der Waals surface area contributed by atoms with Gasteiger partial charge in [0.1, 0.15) is 5.01 Å². The van der Waals surface area contributed by atoms with Crippen LogP contribution in [0.1, 0.15) is 36.5 Å². The zero-order valence-corrected chi connectivity index (χ0v) is 14.0. The zero-order chi connectivity index (χ0) is 15.1. The molecule has 4 heteroatoms. The van der Waals surface area contributed by atoms with Gasteiger partial charge in [-0.05, 0) is 37.1 Å². The predicted molar refractivity (Wildman–Crippen MR) is 92.0 cm³/mol. The zero-order valence-electron chi connectivity index (χ0n) is 13.2. The largest absolute Gasteiger partial charge is 0.369 e. The lowest BCUT2D eigenvalue weighted by Crippen LogP contribution is -2.17. The molecule has 0 atom stereocenters. The third-order valence-electron chi connectivity index (χ3n) is 3.49. The number of hydrogen-bond donors (Lipinski definition) is 1. The van der Waals surface area contributed by atoms with Gasteiger partial charge in [0, 0.05) is 24.7 Å². The Morgan fingerprint density at radius 3 is 2.62 bits per heavy atom. The van der Waals surface area contributed by atoms with Crippen LogP contribution in [0.3, 0.4) is 0 Å². The van der Waals surface area contributed by atoms with Gasteiger partial charge in [0.15, 0.2) is 0 Å². The van der Waals surface area contributed by atoms with Crippen LogP contribution in [0.5, 0.6) is 0 Å². The Morgan fingerprint density at radius 2 is 1.95 bits per heavy atom. The third-order valence-corrected chi connectivity index (χ3v) is 4.38. The van der Waals surface area contributed by atoms with E-state index in [1.807, 2.05) is 0 Å². The molecule has 0 aliphatic heterocycles. The lowest BCUT2D eigenvalue weighted by molar-refractivity contribution is 0.670. The second kappa shape index (κ2) is 8.15. The second-order valence-corrected chi connectivity index (χ2v) is 6.23. The molecule has 0 fully saturated rings. The molecule has 0 aliphatic rings. The van der Waals surface area contributed by atoms with Crippen LogP contribution in [0.15, 0.2) is 29.6 Å². The van der Waals surface area contributed by atoms with Gasteiger partial charge in [0.05, 0.1) is 12.2 Å². The molecule has 0 amide bonds. The average Bonchev–Trinajstić information content (AvgIpc) is 2.95. The Morgan fingerprint density at radius 1 is 1.19 bits per heavy atom. The molecule has 3 nitrogen and oxygen atoms in total. The highest BCUT2D eigenvalue weighted by Crippen LogP contribution is 2.18. The molecule has 21 heavy (non-hydrogen) atoms. The summed E-state index contributed by atoms with van der Waals surface area (Å²) in [5, 5.41) is 6.74. The van der Waals surface area contributed by atoms with E-state index < -0.39 is 0 Å². The minimum Gasteiger partial charge on any atom is -0.369 e. The van der Waals surface area contributed by atoms with Crippen molar-refractivity contribution in [1.82, 2.24) is 10.3 Å². The number of aromatic nitrogens is 1. The summed E-state index contributed by atoms with van der Waals surface area (Å²) < 4.78 is 0. The van der Waals surface area contributed by atoms with Gasteiger partial charge in [-0.1, -0.05) is 26.0 Å².